The van der Waals surface area contributed by atoms with Gasteiger partial charge in [-0.05, 0) is 39.0 Å². The average Bonchev–Trinajstić information content (AvgIpc) is 2.87. The summed E-state index contributed by atoms with van der Waals surface area (Å²) in [6.07, 6.45) is 2.65. The van der Waals surface area contributed by atoms with Crippen LogP contribution in [0.4, 0.5) is 0 Å². The normalized spacial score (nSPS) is 21.2. The molecule has 0 spiro atoms. The van der Waals surface area contributed by atoms with E-state index in [0.717, 1.165) is 42.8 Å². The van der Waals surface area contributed by atoms with E-state index in [4.69, 9.17) is 9.73 Å². The van der Waals surface area contributed by atoms with Crippen LogP contribution in [0.2, 0.25) is 0 Å². The third kappa shape index (κ3) is 6.96. The van der Waals surface area contributed by atoms with E-state index < -0.39 is 0 Å². The average molecular weight is 494 g/mol. The topological polar surface area (TPSA) is 58.5 Å². The Kier molecular flexibility index (Phi) is 9.82. The van der Waals surface area contributed by atoms with Gasteiger partial charge in [-0.1, -0.05) is 20.8 Å². The zero-order valence-corrected chi connectivity index (χ0v) is 20.2. The molecule has 0 bridgehead atoms. The van der Waals surface area contributed by atoms with Gasteiger partial charge in [0.05, 0.1) is 23.4 Å². The second kappa shape index (κ2) is 10.8. The van der Waals surface area contributed by atoms with E-state index in [0.29, 0.717) is 18.6 Å². The number of aromatic nitrogens is 1. The lowest BCUT2D eigenvalue weighted by molar-refractivity contribution is -0.0835. The molecule has 2 rings (SSSR count). The molecule has 0 radical (unpaired) electrons. The summed E-state index contributed by atoms with van der Waals surface area (Å²) >= 11 is 1.73. The summed E-state index contributed by atoms with van der Waals surface area (Å²) < 4.78 is 6.09. The molecule has 1 aromatic rings. The largest absolute Gasteiger partial charge is 0.377 e. The van der Waals surface area contributed by atoms with Crippen molar-refractivity contribution < 1.29 is 4.74 Å². The molecule has 0 aliphatic carbocycles. The minimum absolute atomic E-state index is 0. The first-order valence-electron chi connectivity index (χ1n) is 9.38. The Balaban J connectivity index is 0.00000338. The number of aliphatic imine (C=N–C) groups is 1. The Morgan fingerprint density at radius 1 is 1.31 bits per heavy atom. The molecular formula is C19H35IN4OS. The summed E-state index contributed by atoms with van der Waals surface area (Å²) in [6, 6.07) is 0. The van der Waals surface area contributed by atoms with E-state index in [1.165, 1.54) is 11.3 Å². The predicted molar refractivity (Wildman–Crippen MR) is 122 cm³/mol. The van der Waals surface area contributed by atoms with Gasteiger partial charge in [0, 0.05) is 30.5 Å². The molecule has 0 aromatic carbocycles. The van der Waals surface area contributed by atoms with Crippen molar-refractivity contribution in [2.24, 2.45) is 16.3 Å². The third-order valence-corrected chi connectivity index (χ3v) is 5.61. The van der Waals surface area contributed by atoms with Crippen LogP contribution in [0.15, 0.2) is 4.99 Å². The molecule has 2 atom stereocenters. The zero-order chi connectivity index (χ0) is 18.4. The van der Waals surface area contributed by atoms with Gasteiger partial charge in [0.2, 0.25) is 0 Å². The quantitative estimate of drug-likeness (QED) is 0.365. The van der Waals surface area contributed by atoms with Crippen LogP contribution in [-0.4, -0.2) is 36.7 Å². The molecule has 1 fully saturated rings. The monoisotopic (exact) mass is 494 g/mol. The van der Waals surface area contributed by atoms with Crippen LogP contribution in [0.25, 0.3) is 0 Å². The van der Waals surface area contributed by atoms with Crippen LogP contribution in [0.1, 0.15) is 56.1 Å². The van der Waals surface area contributed by atoms with Crippen LogP contribution in [0.3, 0.4) is 0 Å². The highest BCUT2D eigenvalue weighted by Gasteiger charge is 2.35. The van der Waals surface area contributed by atoms with E-state index in [2.05, 4.69) is 50.2 Å². The van der Waals surface area contributed by atoms with Crippen LogP contribution in [0, 0.1) is 25.2 Å². The lowest BCUT2D eigenvalue weighted by atomic mass is 9.78. The van der Waals surface area contributed by atoms with E-state index in [1.807, 2.05) is 6.92 Å². The van der Waals surface area contributed by atoms with Crippen LogP contribution in [-0.2, 0) is 11.3 Å². The van der Waals surface area contributed by atoms with E-state index >= 15 is 0 Å². The SMILES string of the molecule is CCNC(=NCc1sc(C)nc1C)NCC1CCCOC1C(C)(C)C.I. The number of hydrogen-bond acceptors (Lipinski definition) is 4. The van der Waals surface area contributed by atoms with Crippen molar-refractivity contribution in [3.8, 4) is 0 Å². The number of guanidine groups is 1. The molecule has 26 heavy (non-hydrogen) atoms. The van der Waals surface area contributed by atoms with Crippen molar-refractivity contribution in [1.82, 2.24) is 15.6 Å². The summed E-state index contributed by atoms with van der Waals surface area (Å²) in [5.41, 5.74) is 1.26. The summed E-state index contributed by atoms with van der Waals surface area (Å²) in [7, 11) is 0. The van der Waals surface area contributed by atoms with Crippen molar-refractivity contribution in [1.29, 1.82) is 0 Å². The molecule has 1 aromatic heterocycles. The van der Waals surface area contributed by atoms with E-state index in [-0.39, 0.29) is 29.4 Å². The molecule has 150 valence electrons. The molecule has 1 saturated heterocycles. The second-order valence-corrected chi connectivity index (χ2v) is 9.17. The highest BCUT2D eigenvalue weighted by Crippen LogP contribution is 2.33. The first-order chi connectivity index (χ1) is 11.8. The lowest BCUT2D eigenvalue weighted by Gasteiger charge is -2.40. The van der Waals surface area contributed by atoms with Crippen molar-refractivity contribution in [2.45, 2.75) is 67.0 Å². The summed E-state index contributed by atoms with van der Waals surface area (Å²) in [5.74, 6) is 1.40. The first kappa shape index (κ1) is 23.6. The maximum absolute atomic E-state index is 6.09. The second-order valence-electron chi connectivity index (χ2n) is 7.88. The molecule has 0 amide bonds. The number of hydrogen-bond donors (Lipinski definition) is 2. The highest BCUT2D eigenvalue weighted by molar-refractivity contribution is 14.0. The van der Waals surface area contributed by atoms with Crippen molar-refractivity contribution in [3.63, 3.8) is 0 Å². The molecule has 5 nitrogen and oxygen atoms in total. The van der Waals surface area contributed by atoms with Gasteiger partial charge in [-0.3, -0.25) is 0 Å². The fraction of sp³-hybridized carbons (Fsp3) is 0.789. The van der Waals surface area contributed by atoms with Gasteiger partial charge in [0.25, 0.3) is 0 Å². The van der Waals surface area contributed by atoms with Gasteiger partial charge < -0.3 is 15.4 Å². The Hall–Kier alpha value is -0.410. The maximum atomic E-state index is 6.09. The first-order valence-corrected chi connectivity index (χ1v) is 10.2. The number of aryl methyl sites for hydroxylation is 2. The Morgan fingerprint density at radius 3 is 2.62 bits per heavy atom. The van der Waals surface area contributed by atoms with Crippen molar-refractivity contribution >= 4 is 41.3 Å². The van der Waals surface area contributed by atoms with Crippen LogP contribution >= 0.6 is 35.3 Å². The molecule has 2 unspecified atom stereocenters. The summed E-state index contributed by atoms with van der Waals surface area (Å²) in [6.45, 7) is 16.3. The molecule has 1 aliphatic heterocycles. The summed E-state index contributed by atoms with van der Waals surface area (Å²) in [5, 5.41) is 7.99. The van der Waals surface area contributed by atoms with Crippen LogP contribution < -0.4 is 10.6 Å². The standard InChI is InChI=1S/C19H34N4OS.HI/c1-7-20-18(22-12-16-13(2)23-14(3)25-16)21-11-15-9-8-10-24-17(15)19(4,5)6;/h15,17H,7-12H2,1-6H3,(H2,20,21,22);1H. The van der Waals surface area contributed by atoms with E-state index in [9.17, 15) is 0 Å². The van der Waals surface area contributed by atoms with Gasteiger partial charge in [0.15, 0.2) is 5.96 Å². The highest BCUT2D eigenvalue weighted by atomic mass is 127. The van der Waals surface area contributed by atoms with Crippen LogP contribution in [0.5, 0.6) is 0 Å². The smallest absolute Gasteiger partial charge is 0.191 e. The van der Waals surface area contributed by atoms with Crippen molar-refractivity contribution in [2.75, 3.05) is 19.7 Å². The molecule has 2 heterocycles. The molecule has 2 N–H and O–H groups in total. The van der Waals surface area contributed by atoms with E-state index in [1.54, 1.807) is 11.3 Å². The number of nitrogens with one attached hydrogen (secondary N) is 2. The number of nitrogens with zero attached hydrogens (tertiary/aromatic N) is 2. The Bertz CT molecular complexity index is 583. The fourth-order valence-electron chi connectivity index (χ4n) is 3.45. The minimum Gasteiger partial charge on any atom is -0.377 e. The van der Waals surface area contributed by atoms with Crippen molar-refractivity contribution in [3.05, 3.63) is 15.6 Å². The Labute approximate surface area is 179 Å². The van der Waals surface area contributed by atoms with Gasteiger partial charge in [-0.2, -0.15) is 0 Å². The fourth-order valence-corrected chi connectivity index (χ4v) is 4.31. The number of rotatable bonds is 5. The molecule has 0 saturated carbocycles. The number of ether oxygens (including phenoxy) is 1. The number of halogens is 1. The summed E-state index contributed by atoms with van der Waals surface area (Å²) in [4.78, 5) is 10.5. The van der Waals surface area contributed by atoms with Gasteiger partial charge >= 0.3 is 0 Å². The molecule has 1 aliphatic rings. The predicted octanol–water partition coefficient (Wildman–Crippen LogP) is 4.27. The Morgan fingerprint density at radius 2 is 2.04 bits per heavy atom. The minimum atomic E-state index is 0. The number of thiazole rings is 1. The zero-order valence-electron chi connectivity index (χ0n) is 17.0. The molecular weight excluding hydrogens is 459 g/mol. The lowest BCUT2D eigenvalue weighted by Crippen LogP contribution is -2.47. The van der Waals surface area contributed by atoms with Gasteiger partial charge in [-0.15, -0.1) is 35.3 Å². The maximum Gasteiger partial charge on any atom is 0.191 e. The van der Waals surface area contributed by atoms with Gasteiger partial charge in [-0.25, -0.2) is 9.98 Å². The van der Waals surface area contributed by atoms with Gasteiger partial charge in [0.1, 0.15) is 0 Å². The third-order valence-electron chi connectivity index (χ3n) is 4.55. The molecule has 7 heteroatoms.